The normalized spacial score (nSPS) is 12.0. The summed E-state index contributed by atoms with van der Waals surface area (Å²) in [5.41, 5.74) is 9.22. The number of hydrogen-bond donors (Lipinski definition) is 0. The van der Waals surface area contributed by atoms with Gasteiger partial charge in [-0.3, -0.25) is 4.57 Å². The maximum Gasteiger partial charge on any atom is 0.235 e. The summed E-state index contributed by atoms with van der Waals surface area (Å²) >= 11 is 0. The van der Waals surface area contributed by atoms with Crippen LogP contribution < -0.4 is 0 Å². The van der Waals surface area contributed by atoms with Crippen molar-refractivity contribution in [3.05, 3.63) is 146 Å². The van der Waals surface area contributed by atoms with E-state index in [0.29, 0.717) is 5.95 Å². The Bertz CT molecular complexity index is 2770. The average Bonchev–Trinajstić information content (AvgIpc) is 3.74. The smallest absolute Gasteiger partial charge is 0.235 e. The summed E-state index contributed by atoms with van der Waals surface area (Å²) in [5.74, 6) is 0.626. The van der Waals surface area contributed by atoms with Gasteiger partial charge < -0.3 is 8.98 Å². The van der Waals surface area contributed by atoms with Gasteiger partial charge in [-0.1, -0.05) is 78.9 Å². The zero-order valence-corrected chi connectivity index (χ0v) is 24.1. The minimum Gasteiger partial charge on any atom is -0.456 e. The van der Waals surface area contributed by atoms with E-state index >= 15 is 0 Å². The molecule has 4 heterocycles. The Morgan fingerprint density at radius 2 is 1.11 bits per heavy atom. The summed E-state index contributed by atoms with van der Waals surface area (Å²) in [7, 11) is 0. The van der Waals surface area contributed by atoms with Gasteiger partial charge in [0.15, 0.2) is 0 Å². The molecule has 6 aromatic carbocycles. The fourth-order valence-electron chi connectivity index (χ4n) is 7.01. The van der Waals surface area contributed by atoms with Crippen LogP contribution >= 0.6 is 0 Å². The maximum absolute atomic E-state index is 6.29. The first kappa shape index (κ1) is 24.3. The minimum absolute atomic E-state index is 0.626. The van der Waals surface area contributed by atoms with Gasteiger partial charge in [0, 0.05) is 55.8 Å². The van der Waals surface area contributed by atoms with Crippen molar-refractivity contribution in [1.82, 2.24) is 19.1 Å². The van der Waals surface area contributed by atoms with Crippen LogP contribution in [0.25, 0.3) is 88.4 Å². The third-order valence-corrected chi connectivity index (χ3v) is 9.00. The van der Waals surface area contributed by atoms with E-state index in [2.05, 4.69) is 130 Å². The molecule has 10 rings (SSSR count). The molecule has 0 saturated carbocycles. The third-order valence-electron chi connectivity index (χ3n) is 9.00. The Hall–Kier alpha value is -6.20. The predicted molar refractivity (Wildman–Crippen MR) is 183 cm³/mol. The molecule has 0 fully saturated rings. The maximum atomic E-state index is 6.29. The van der Waals surface area contributed by atoms with E-state index in [1.54, 1.807) is 0 Å². The highest BCUT2D eigenvalue weighted by Gasteiger charge is 2.18. The summed E-state index contributed by atoms with van der Waals surface area (Å²) in [5, 5.41) is 6.94. The van der Waals surface area contributed by atoms with Gasteiger partial charge in [0.25, 0.3) is 0 Å². The monoisotopic (exact) mass is 576 g/mol. The molecule has 0 bridgehead atoms. The van der Waals surface area contributed by atoms with E-state index < -0.39 is 0 Å². The molecule has 0 N–H and O–H groups in total. The molecule has 5 nitrogen and oxygen atoms in total. The lowest BCUT2D eigenvalue weighted by Gasteiger charge is -2.09. The number of aromatic nitrogens is 4. The van der Waals surface area contributed by atoms with Crippen LogP contribution in [0.15, 0.2) is 150 Å². The van der Waals surface area contributed by atoms with E-state index in [1.165, 1.54) is 16.3 Å². The van der Waals surface area contributed by atoms with Crippen molar-refractivity contribution < 1.29 is 4.42 Å². The zero-order valence-electron chi connectivity index (χ0n) is 24.1. The van der Waals surface area contributed by atoms with Gasteiger partial charge >= 0.3 is 0 Å². The number of rotatable bonds is 3. The zero-order chi connectivity index (χ0) is 29.5. The fraction of sp³-hybridized carbons (Fsp3) is 0. The van der Waals surface area contributed by atoms with Crippen LogP contribution in [0.1, 0.15) is 0 Å². The Morgan fingerprint density at radius 3 is 1.93 bits per heavy atom. The molecule has 0 radical (unpaired) electrons. The van der Waals surface area contributed by atoms with Crippen LogP contribution in [0.5, 0.6) is 0 Å². The molecule has 0 saturated heterocycles. The Kier molecular flexibility index (Phi) is 4.93. The number of furan rings is 1. The molecule has 0 aliphatic heterocycles. The van der Waals surface area contributed by atoms with Gasteiger partial charge in [-0.05, 0) is 54.6 Å². The topological polar surface area (TPSA) is 48.8 Å². The molecular formula is C40H24N4O. The van der Waals surface area contributed by atoms with E-state index in [1.807, 2.05) is 24.4 Å². The summed E-state index contributed by atoms with van der Waals surface area (Å²) in [6, 6.07) is 48.8. The summed E-state index contributed by atoms with van der Waals surface area (Å²) in [6.45, 7) is 0. The van der Waals surface area contributed by atoms with Crippen molar-refractivity contribution in [3.8, 4) is 22.9 Å². The molecule has 5 heteroatoms. The molecule has 0 aliphatic rings. The standard InChI is InChI=1S/C40H24N4O/c1-2-10-26(11-3-1)43-34-15-7-4-12-27(34)30-22-25(18-19-36(30)43)33-20-21-41-40(42-33)44-35-16-8-5-13-28(35)31-23-32-29-14-6-9-17-38(29)45-39(32)24-37(31)44/h1-24H. The lowest BCUT2D eigenvalue weighted by Crippen LogP contribution is -2.01. The van der Waals surface area contributed by atoms with Crippen molar-refractivity contribution in [1.29, 1.82) is 0 Å². The van der Waals surface area contributed by atoms with E-state index in [9.17, 15) is 0 Å². The van der Waals surface area contributed by atoms with Crippen LogP contribution in [-0.2, 0) is 0 Å². The number of hydrogen-bond acceptors (Lipinski definition) is 3. The number of para-hydroxylation sites is 4. The molecule has 4 aromatic heterocycles. The predicted octanol–water partition coefficient (Wildman–Crippen LogP) is 10.2. The van der Waals surface area contributed by atoms with E-state index in [4.69, 9.17) is 14.4 Å². The Balaban J connectivity index is 1.19. The first-order chi connectivity index (χ1) is 22.3. The van der Waals surface area contributed by atoms with Gasteiger partial charge in [0.2, 0.25) is 5.95 Å². The molecule has 0 unspecified atom stereocenters. The third kappa shape index (κ3) is 3.49. The first-order valence-corrected chi connectivity index (χ1v) is 15.1. The lowest BCUT2D eigenvalue weighted by molar-refractivity contribution is 0.669. The molecule has 0 spiro atoms. The SMILES string of the molecule is c1ccc(-n2c3ccccc3c3cc(-c4ccnc(-n5c6ccccc6c6cc7c(cc65)oc5ccccc57)n4)ccc32)cc1. The van der Waals surface area contributed by atoms with Crippen molar-refractivity contribution in [2.45, 2.75) is 0 Å². The Morgan fingerprint density at radius 1 is 0.444 bits per heavy atom. The van der Waals surface area contributed by atoms with Gasteiger partial charge in [-0.15, -0.1) is 0 Å². The molecule has 0 atom stereocenters. The summed E-state index contributed by atoms with van der Waals surface area (Å²) < 4.78 is 10.8. The van der Waals surface area contributed by atoms with Crippen molar-refractivity contribution in [2.24, 2.45) is 0 Å². The first-order valence-electron chi connectivity index (χ1n) is 15.1. The van der Waals surface area contributed by atoms with Gasteiger partial charge in [0.05, 0.1) is 27.8 Å². The van der Waals surface area contributed by atoms with E-state index in [0.717, 1.165) is 66.2 Å². The number of benzene rings is 6. The highest BCUT2D eigenvalue weighted by Crippen LogP contribution is 2.38. The highest BCUT2D eigenvalue weighted by molar-refractivity contribution is 6.17. The highest BCUT2D eigenvalue weighted by atomic mass is 16.3. The summed E-state index contributed by atoms with van der Waals surface area (Å²) in [4.78, 5) is 9.98. The van der Waals surface area contributed by atoms with E-state index in [-0.39, 0.29) is 0 Å². The largest absolute Gasteiger partial charge is 0.456 e. The molecule has 45 heavy (non-hydrogen) atoms. The molecule has 10 aromatic rings. The second-order valence-electron chi connectivity index (χ2n) is 11.5. The average molecular weight is 577 g/mol. The minimum atomic E-state index is 0.626. The lowest BCUT2D eigenvalue weighted by atomic mass is 10.1. The Labute approximate surface area is 257 Å². The van der Waals surface area contributed by atoms with Crippen LogP contribution in [0, 0.1) is 0 Å². The van der Waals surface area contributed by atoms with Crippen molar-refractivity contribution in [2.75, 3.05) is 0 Å². The van der Waals surface area contributed by atoms with Crippen LogP contribution in [0.4, 0.5) is 0 Å². The molecule has 0 amide bonds. The number of nitrogens with zero attached hydrogens (tertiary/aromatic N) is 4. The van der Waals surface area contributed by atoms with Crippen LogP contribution in [0.3, 0.4) is 0 Å². The quantitative estimate of drug-likeness (QED) is 0.210. The molecule has 0 aliphatic carbocycles. The molecule has 210 valence electrons. The molecular weight excluding hydrogens is 552 g/mol. The second-order valence-corrected chi connectivity index (χ2v) is 11.5. The second kappa shape index (κ2) is 9.15. The van der Waals surface area contributed by atoms with Gasteiger partial charge in [-0.25, -0.2) is 9.97 Å². The number of fused-ring (bicyclic) bond motifs is 9. The van der Waals surface area contributed by atoms with Gasteiger partial charge in [0.1, 0.15) is 11.2 Å². The van der Waals surface area contributed by atoms with Crippen LogP contribution in [0.2, 0.25) is 0 Å². The van der Waals surface area contributed by atoms with Crippen LogP contribution in [-0.4, -0.2) is 19.1 Å². The summed E-state index contributed by atoms with van der Waals surface area (Å²) in [6.07, 6.45) is 1.86. The van der Waals surface area contributed by atoms with Crippen molar-refractivity contribution in [3.63, 3.8) is 0 Å². The van der Waals surface area contributed by atoms with Crippen molar-refractivity contribution >= 4 is 65.6 Å². The van der Waals surface area contributed by atoms with Gasteiger partial charge in [-0.2, -0.15) is 0 Å². The fourth-order valence-corrected chi connectivity index (χ4v) is 7.01.